The lowest BCUT2D eigenvalue weighted by Gasteiger charge is -2.20. The summed E-state index contributed by atoms with van der Waals surface area (Å²) in [5, 5.41) is 3.05. The molecule has 0 aliphatic heterocycles. The Hall–Kier alpha value is -3.60. The number of rotatable bonds is 4. The average molecular weight is 342 g/mol. The molecule has 0 radical (unpaired) electrons. The molecule has 0 atom stereocenters. The highest BCUT2D eigenvalue weighted by atomic mass is 16.2. The molecule has 2 N–H and O–H groups in total. The summed E-state index contributed by atoms with van der Waals surface area (Å²) in [6, 6.07) is 26.9. The molecule has 0 unspecified atom stereocenters. The van der Waals surface area contributed by atoms with E-state index in [0.29, 0.717) is 0 Å². The van der Waals surface area contributed by atoms with Crippen molar-refractivity contribution in [2.24, 2.45) is 0 Å². The number of para-hydroxylation sites is 2. The van der Waals surface area contributed by atoms with Crippen molar-refractivity contribution in [1.82, 2.24) is 15.0 Å². The number of hydrogen-bond acceptors (Lipinski definition) is 2. The van der Waals surface area contributed by atoms with Gasteiger partial charge in [-0.25, -0.2) is 19.9 Å². The van der Waals surface area contributed by atoms with Crippen molar-refractivity contribution < 1.29 is 4.79 Å². The third kappa shape index (κ3) is 3.28. The van der Waals surface area contributed by atoms with Crippen LogP contribution in [0.15, 0.2) is 91.3 Å². The van der Waals surface area contributed by atoms with Crippen LogP contribution in [0, 0.1) is 0 Å². The predicted molar refractivity (Wildman–Crippen MR) is 102 cm³/mol. The quantitative estimate of drug-likeness (QED) is 0.587. The number of hydrogen-bond donors (Lipinski definition) is 2. The zero-order chi connectivity index (χ0) is 17.8. The molecule has 1 heterocycles. The van der Waals surface area contributed by atoms with Gasteiger partial charge in [0.15, 0.2) is 0 Å². The van der Waals surface area contributed by atoms with Crippen LogP contribution in [0.25, 0.3) is 11.0 Å². The summed E-state index contributed by atoms with van der Waals surface area (Å²) < 4.78 is 1.62. The summed E-state index contributed by atoms with van der Waals surface area (Å²) in [6.07, 6.45) is 1.60. The van der Waals surface area contributed by atoms with Crippen molar-refractivity contribution in [1.29, 1.82) is 0 Å². The van der Waals surface area contributed by atoms with E-state index in [1.165, 1.54) is 0 Å². The maximum atomic E-state index is 12.6. The lowest BCUT2D eigenvalue weighted by atomic mass is 9.99. The van der Waals surface area contributed by atoms with Gasteiger partial charge in [0.05, 0.1) is 17.1 Å². The predicted octanol–water partition coefficient (Wildman–Crippen LogP) is 4.08. The van der Waals surface area contributed by atoms with Gasteiger partial charge in [-0.15, -0.1) is 0 Å². The second kappa shape index (κ2) is 7.11. The topological polar surface area (TPSA) is 59.0 Å². The van der Waals surface area contributed by atoms with Crippen LogP contribution >= 0.6 is 0 Å². The Morgan fingerprint density at radius 2 is 1.38 bits per heavy atom. The number of nitrogens with one attached hydrogen (secondary N) is 2. The number of amides is 2. The Labute approximate surface area is 151 Å². The van der Waals surface area contributed by atoms with Crippen LogP contribution in [-0.2, 0) is 0 Å². The molecule has 0 aliphatic rings. The van der Waals surface area contributed by atoms with E-state index in [1.54, 1.807) is 11.0 Å². The van der Waals surface area contributed by atoms with E-state index < -0.39 is 0 Å². The molecule has 5 heteroatoms. The minimum absolute atomic E-state index is 0.243. The third-order valence-corrected chi connectivity index (χ3v) is 4.22. The van der Waals surface area contributed by atoms with E-state index in [2.05, 4.69) is 15.7 Å². The molecule has 3 aromatic carbocycles. The van der Waals surface area contributed by atoms with Crippen LogP contribution in [0.1, 0.15) is 17.2 Å². The fourth-order valence-corrected chi connectivity index (χ4v) is 2.97. The average Bonchev–Trinajstić information content (AvgIpc) is 3.10. The summed E-state index contributed by atoms with van der Waals surface area (Å²) in [6.45, 7) is 0. The molecule has 0 saturated heterocycles. The molecule has 4 aromatic rings. The lowest BCUT2D eigenvalue weighted by molar-refractivity contribution is 0.247. The first kappa shape index (κ1) is 15.9. The highest BCUT2D eigenvalue weighted by molar-refractivity contribution is 5.85. The fraction of sp³-hybridized carbons (Fsp3) is 0.0476. The summed E-state index contributed by atoms with van der Waals surface area (Å²) in [7, 11) is 0. The monoisotopic (exact) mass is 342 g/mol. The smallest absolute Gasteiger partial charge is 0.326 e. The fourth-order valence-electron chi connectivity index (χ4n) is 2.97. The molecule has 26 heavy (non-hydrogen) atoms. The molecule has 0 bridgehead atoms. The Bertz CT molecular complexity index is 972. The SMILES string of the molecule is O=C(NC(c1ccccc1)c1ccccc1)Nn1cnc2ccccc21. The number of nitrogens with zero attached hydrogens (tertiary/aromatic N) is 2. The maximum absolute atomic E-state index is 12.6. The first-order chi connectivity index (χ1) is 12.8. The Balaban J connectivity index is 1.58. The van der Waals surface area contributed by atoms with Crippen LogP contribution in [0.4, 0.5) is 4.79 Å². The van der Waals surface area contributed by atoms with E-state index in [4.69, 9.17) is 0 Å². The molecule has 0 spiro atoms. The molecule has 0 fully saturated rings. The molecule has 1 aromatic heterocycles. The summed E-state index contributed by atoms with van der Waals surface area (Å²) in [4.78, 5) is 16.9. The van der Waals surface area contributed by atoms with E-state index >= 15 is 0 Å². The summed E-state index contributed by atoms with van der Waals surface area (Å²) >= 11 is 0. The highest BCUT2D eigenvalue weighted by Crippen LogP contribution is 2.21. The standard InChI is InChI=1S/C21H18N4O/c26-21(24-25-15-22-18-13-7-8-14-19(18)25)23-20(16-9-3-1-4-10-16)17-11-5-2-6-12-17/h1-15,20H,(H2,23,24,26). The van der Waals surface area contributed by atoms with E-state index in [1.807, 2.05) is 84.9 Å². The summed E-state index contributed by atoms with van der Waals surface area (Å²) in [5.74, 6) is 0. The molecular formula is C21H18N4O. The first-order valence-electron chi connectivity index (χ1n) is 8.41. The highest BCUT2D eigenvalue weighted by Gasteiger charge is 2.17. The van der Waals surface area contributed by atoms with Crippen LogP contribution in [0.3, 0.4) is 0 Å². The Morgan fingerprint density at radius 3 is 2.04 bits per heavy atom. The number of benzene rings is 3. The van der Waals surface area contributed by atoms with Crippen molar-refractivity contribution in [3.05, 3.63) is 102 Å². The van der Waals surface area contributed by atoms with Crippen molar-refractivity contribution in [3.8, 4) is 0 Å². The van der Waals surface area contributed by atoms with Gasteiger partial charge in [-0.1, -0.05) is 72.8 Å². The minimum Gasteiger partial charge on any atom is -0.326 e. The molecule has 128 valence electrons. The van der Waals surface area contributed by atoms with E-state index in [-0.39, 0.29) is 12.1 Å². The van der Waals surface area contributed by atoms with Crippen LogP contribution in [0.5, 0.6) is 0 Å². The van der Waals surface area contributed by atoms with Crippen molar-refractivity contribution in [2.75, 3.05) is 5.43 Å². The molecule has 2 amide bonds. The van der Waals surface area contributed by atoms with Gasteiger partial charge in [-0.3, -0.25) is 0 Å². The zero-order valence-electron chi connectivity index (χ0n) is 14.0. The number of aromatic nitrogens is 2. The van der Waals surface area contributed by atoms with Gasteiger partial charge < -0.3 is 5.32 Å². The maximum Gasteiger partial charge on any atom is 0.334 e. The third-order valence-electron chi connectivity index (χ3n) is 4.22. The number of carbonyl (C=O) groups is 1. The number of urea groups is 1. The van der Waals surface area contributed by atoms with Crippen LogP contribution in [-0.4, -0.2) is 15.7 Å². The van der Waals surface area contributed by atoms with Crippen molar-refractivity contribution >= 4 is 17.1 Å². The molecule has 0 aliphatic carbocycles. The van der Waals surface area contributed by atoms with E-state index in [9.17, 15) is 4.79 Å². The van der Waals surface area contributed by atoms with Crippen LogP contribution < -0.4 is 10.7 Å². The van der Waals surface area contributed by atoms with Gasteiger partial charge in [0.1, 0.15) is 6.33 Å². The normalized spacial score (nSPS) is 10.8. The van der Waals surface area contributed by atoms with Gasteiger partial charge in [0, 0.05) is 0 Å². The number of imidazole rings is 1. The first-order valence-corrected chi connectivity index (χ1v) is 8.41. The molecule has 4 rings (SSSR count). The van der Waals surface area contributed by atoms with Crippen LogP contribution in [0.2, 0.25) is 0 Å². The molecule has 0 saturated carbocycles. The summed E-state index contributed by atoms with van der Waals surface area (Å²) in [5.41, 5.74) is 6.55. The number of fused-ring (bicyclic) bond motifs is 1. The largest absolute Gasteiger partial charge is 0.334 e. The minimum atomic E-state index is -0.300. The van der Waals surface area contributed by atoms with Crippen molar-refractivity contribution in [3.63, 3.8) is 0 Å². The van der Waals surface area contributed by atoms with Gasteiger partial charge >= 0.3 is 6.03 Å². The zero-order valence-corrected chi connectivity index (χ0v) is 14.0. The second-order valence-electron chi connectivity index (χ2n) is 5.94. The Kier molecular flexibility index (Phi) is 4.35. The number of carbonyl (C=O) groups excluding carboxylic acids is 1. The Morgan fingerprint density at radius 1 is 0.808 bits per heavy atom. The molecule has 5 nitrogen and oxygen atoms in total. The van der Waals surface area contributed by atoms with Crippen molar-refractivity contribution in [2.45, 2.75) is 6.04 Å². The molecular weight excluding hydrogens is 324 g/mol. The second-order valence-corrected chi connectivity index (χ2v) is 5.94. The lowest BCUT2D eigenvalue weighted by Crippen LogP contribution is -2.36. The van der Waals surface area contributed by atoms with E-state index in [0.717, 1.165) is 22.2 Å². The van der Waals surface area contributed by atoms with Gasteiger partial charge in [0.2, 0.25) is 0 Å². The van der Waals surface area contributed by atoms with Gasteiger partial charge in [-0.05, 0) is 23.3 Å². The van der Waals surface area contributed by atoms with Gasteiger partial charge in [0.25, 0.3) is 0 Å². The van der Waals surface area contributed by atoms with Gasteiger partial charge in [-0.2, -0.15) is 0 Å².